The molecule has 0 radical (unpaired) electrons. The van der Waals surface area contributed by atoms with E-state index in [1.54, 1.807) is 17.0 Å². The van der Waals surface area contributed by atoms with Crippen molar-refractivity contribution in [2.45, 2.75) is 25.3 Å². The predicted molar refractivity (Wildman–Crippen MR) is 116 cm³/mol. The van der Waals surface area contributed by atoms with E-state index >= 15 is 0 Å². The van der Waals surface area contributed by atoms with Gasteiger partial charge in [0.1, 0.15) is 13.2 Å². The number of ether oxygens (including phenoxy) is 2. The van der Waals surface area contributed by atoms with Gasteiger partial charge in [-0.3, -0.25) is 14.4 Å². The molecule has 8 nitrogen and oxygen atoms in total. The second kappa shape index (κ2) is 7.39. The Morgan fingerprint density at radius 3 is 2.66 bits per heavy atom. The van der Waals surface area contributed by atoms with Crippen molar-refractivity contribution in [2.24, 2.45) is 11.8 Å². The predicted octanol–water partition coefficient (Wildman–Crippen LogP) is 1.62. The van der Waals surface area contributed by atoms with Gasteiger partial charge < -0.3 is 23.8 Å². The number of pyridine rings is 1. The molecule has 6 rings (SSSR count). The Morgan fingerprint density at radius 1 is 0.938 bits per heavy atom. The molecule has 5 heterocycles. The molecular weight excluding hydrogens is 410 g/mol. The third-order valence-corrected chi connectivity index (χ3v) is 7.10. The molecule has 2 amide bonds. The van der Waals surface area contributed by atoms with E-state index in [1.165, 1.54) is 0 Å². The van der Waals surface area contributed by atoms with Crippen LogP contribution in [0.15, 0.2) is 41.2 Å². The summed E-state index contributed by atoms with van der Waals surface area (Å²) < 4.78 is 13.1. The standard InChI is InChI=1S/C24H25N3O5/c28-22-3-1-2-19-16-8-15(12-27(19)22)11-25(13-16)24(30)17-9-23(29)26(14-17)18-4-5-20-21(10-18)32-7-6-31-20/h1-5,10,15-17H,6-9,11-14H2/t15-,16+,17-/m1/s1. The van der Waals surface area contributed by atoms with Crippen LogP contribution in [0.4, 0.5) is 5.69 Å². The van der Waals surface area contributed by atoms with Crippen molar-refractivity contribution >= 4 is 17.5 Å². The Labute approximate surface area is 185 Å². The summed E-state index contributed by atoms with van der Waals surface area (Å²) in [4.78, 5) is 42.0. The van der Waals surface area contributed by atoms with Gasteiger partial charge in [0.15, 0.2) is 11.5 Å². The molecule has 2 bridgehead atoms. The number of likely N-dealkylation sites (tertiary alicyclic amines) is 1. The molecule has 0 unspecified atom stereocenters. The van der Waals surface area contributed by atoms with Crippen LogP contribution in [0.3, 0.4) is 0 Å². The summed E-state index contributed by atoms with van der Waals surface area (Å²) in [5.41, 5.74) is 1.79. The Morgan fingerprint density at radius 2 is 1.78 bits per heavy atom. The highest BCUT2D eigenvalue weighted by atomic mass is 16.6. The lowest BCUT2D eigenvalue weighted by molar-refractivity contribution is -0.138. The van der Waals surface area contributed by atoms with Gasteiger partial charge in [0.05, 0.1) is 5.92 Å². The normalized spacial score (nSPS) is 26.1. The van der Waals surface area contributed by atoms with Crippen LogP contribution in [0.1, 0.15) is 24.5 Å². The van der Waals surface area contributed by atoms with E-state index in [1.807, 2.05) is 33.7 Å². The third-order valence-electron chi connectivity index (χ3n) is 7.10. The second-order valence-electron chi connectivity index (χ2n) is 9.17. The van der Waals surface area contributed by atoms with Crippen LogP contribution >= 0.6 is 0 Å². The van der Waals surface area contributed by atoms with Crippen molar-refractivity contribution in [1.82, 2.24) is 9.47 Å². The van der Waals surface area contributed by atoms with Crippen LogP contribution in [-0.2, 0) is 16.1 Å². The largest absolute Gasteiger partial charge is 0.486 e. The van der Waals surface area contributed by atoms with Crippen LogP contribution in [0.5, 0.6) is 11.5 Å². The van der Waals surface area contributed by atoms with Gasteiger partial charge in [0, 0.05) is 62.0 Å². The summed E-state index contributed by atoms with van der Waals surface area (Å²) in [6.45, 7) is 3.28. The van der Waals surface area contributed by atoms with Gasteiger partial charge in [-0.2, -0.15) is 0 Å². The first kappa shape index (κ1) is 19.4. The number of benzene rings is 1. The fourth-order valence-electron chi connectivity index (χ4n) is 5.66. The van der Waals surface area contributed by atoms with Crippen LogP contribution in [0, 0.1) is 11.8 Å². The number of hydrogen-bond acceptors (Lipinski definition) is 5. The fraction of sp³-hybridized carbons (Fsp3) is 0.458. The first-order valence-corrected chi connectivity index (χ1v) is 11.3. The van der Waals surface area contributed by atoms with Gasteiger partial charge in [-0.15, -0.1) is 0 Å². The Kier molecular flexibility index (Phi) is 4.48. The zero-order valence-corrected chi connectivity index (χ0v) is 17.7. The molecular formula is C24H25N3O5. The molecule has 2 aromatic rings. The number of nitrogens with zero attached hydrogens (tertiary/aromatic N) is 3. The summed E-state index contributed by atoms with van der Waals surface area (Å²) in [7, 11) is 0. The summed E-state index contributed by atoms with van der Waals surface area (Å²) >= 11 is 0. The highest BCUT2D eigenvalue weighted by Crippen LogP contribution is 2.38. The molecule has 3 atom stereocenters. The van der Waals surface area contributed by atoms with Crippen LogP contribution in [-0.4, -0.2) is 54.1 Å². The average molecular weight is 435 g/mol. The fourth-order valence-corrected chi connectivity index (χ4v) is 5.66. The number of carbonyl (C=O) groups excluding carboxylic acids is 2. The molecule has 1 aromatic heterocycles. The van der Waals surface area contributed by atoms with Gasteiger partial charge in [0.25, 0.3) is 5.56 Å². The minimum absolute atomic E-state index is 0.0356. The van der Waals surface area contributed by atoms with Crippen LogP contribution in [0.25, 0.3) is 0 Å². The zero-order valence-electron chi connectivity index (χ0n) is 17.7. The maximum absolute atomic E-state index is 13.4. The van der Waals surface area contributed by atoms with Gasteiger partial charge in [-0.05, 0) is 30.5 Å². The molecule has 4 aliphatic heterocycles. The van der Waals surface area contributed by atoms with E-state index in [4.69, 9.17) is 9.47 Å². The SMILES string of the molecule is O=C([C@@H]1CC(=O)N(c2ccc3c(c2)OCCO3)C1)N1C[C@H]2C[C@@H](C1)c1cccc(=O)n1C2. The monoisotopic (exact) mass is 435 g/mol. The smallest absolute Gasteiger partial charge is 0.250 e. The number of fused-ring (bicyclic) bond motifs is 5. The molecule has 2 fully saturated rings. The maximum atomic E-state index is 13.4. The van der Waals surface area contributed by atoms with Crippen molar-refractivity contribution in [2.75, 3.05) is 37.7 Å². The molecule has 2 saturated heterocycles. The minimum atomic E-state index is -0.354. The van der Waals surface area contributed by atoms with Crippen LogP contribution < -0.4 is 19.9 Å². The number of hydrogen-bond donors (Lipinski definition) is 0. The topological polar surface area (TPSA) is 81.1 Å². The third kappa shape index (κ3) is 3.16. The van der Waals surface area contributed by atoms with Gasteiger partial charge in [0.2, 0.25) is 11.8 Å². The van der Waals surface area contributed by atoms with E-state index in [9.17, 15) is 14.4 Å². The van der Waals surface area contributed by atoms with Crippen LogP contribution in [0.2, 0.25) is 0 Å². The van der Waals surface area contributed by atoms with Crippen molar-refractivity contribution in [3.8, 4) is 11.5 Å². The highest BCUT2D eigenvalue weighted by Gasteiger charge is 2.42. The minimum Gasteiger partial charge on any atom is -0.486 e. The maximum Gasteiger partial charge on any atom is 0.250 e. The summed E-state index contributed by atoms with van der Waals surface area (Å²) in [6.07, 6.45) is 1.22. The summed E-state index contributed by atoms with van der Waals surface area (Å²) in [5, 5.41) is 0. The van der Waals surface area contributed by atoms with E-state index in [-0.39, 0.29) is 41.5 Å². The van der Waals surface area contributed by atoms with Gasteiger partial charge in [-0.25, -0.2) is 0 Å². The van der Waals surface area contributed by atoms with Crippen molar-refractivity contribution in [3.05, 3.63) is 52.4 Å². The summed E-state index contributed by atoms with van der Waals surface area (Å²) in [5.74, 6) is 1.40. The molecule has 4 aliphatic rings. The number of rotatable bonds is 2. The van der Waals surface area contributed by atoms with Crippen molar-refractivity contribution in [3.63, 3.8) is 0 Å². The molecule has 0 aliphatic carbocycles. The molecule has 8 heteroatoms. The van der Waals surface area contributed by atoms with E-state index in [0.29, 0.717) is 50.9 Å². The highest BCUT2D eigenvalue weighted by molar-refractivity contribution is 6.00. The molecule has 32 heavy (non-hydrogen) atoms. The molecule has 0 N–H and O–H groups in total. The first-order valence-electron chi connectivity index (χ1n) is 11.3. The average Bonchev–Trinajstić information content (AvgIpc) is 3.20. The molecule has 0 spiro atoms. The number of carbonyl (C=O) groups is 2. The van der Waals surface area contributed by atoms with Crippen molar-refractivity contribution < 1.29 is 19.1 Å². The summed E-state index contributed by atoms with van der Waals surface area (Å²) in [6, 6.07) is 10.9. The van der Waals surface area contributed by atoms with E-state index in [2.05, 4.69) is 0 Å². The Balaban J connectivity index is 1.19. The van der Waals surface area contributed by atoms with Crippen molar-refractivity contribution in [1.29, 1.82) is 0 Å². The molecule has 1 aromatic carbocycles. The lowest BCUT2D eigenvalue weighted by Crippen LogP contribution is -2.50. The lowest BCUT2D eigenvalue weighted by atomic mass is 9.82. The quantitative estimate of drug-likeness (QED) is 0.716. The zero-order chi connectivity index (χ0) is 21.8. The first-order chi connectivity index (χ1) is 15.6. The Bertz CT molecular complexity index is 1160. The van der Waals surface area contributed by atoms with Gasteiger partial charge in [-0.1, -0.05) is 6.07 Å². The Hall–Kier alpha value is -3.29. The van der Waals surface area contributed by atoms with E-state index < -0.39 is 0 Å². The second-order valence-corrected chi connectivity index (χ2v) is 9.17. The van der Waals surface area contributed by atoms with Gasteiger partial charge >= 0.3 is 0 Å². The lowest BCUT2D eigenvalue weighted by Gasteiger charge is -2.43. The molecule has 0 saturated carbocycles. The number of amides is 2. The van der Waals surface area contributed by atoms with E-state index in [0.717, 1.165) is 17.8 Å². The number of anilines is 1. The number of piperidine rings is 1. The molecule has 166 valence electrons. The number of aromatic nitrogens is 1.